The van der Waals surface area contributed by atoms with Crippen LogP contribution < -0.4 is 10.5 Å². The van der Waals surface area contributed by atoms with Gasteiger partial charge in [0.25, 0.3) is 0 Å². The Morgan fingerprint density at radius 3 is 2.33 bits per heavy atom. The molecular formula is C13H17NO4. The van der Waals surface area contributed by atoms with Gasteiger partial charge in [0.2, 0.25) is 0 Å². The van der Waals surface area contributed by atoms with Gasteiger partial charge in [0.15, 0.2) is 12.4 Å². The highest BCUT2D eigenvalue weighted by atomic mass is 16.6. The predicted octanol–water partition coefficient (Wildman–Crippen LogP) is 1.16. The van der Waals surface area contributed by atoms with Gasteiger partial charge in [-0.1, -0.05) is 0 Å². The van der Waals surface area contributed by atoms with Crippen molar-refractivity contribution in [1.29, 1.82) is 0 Å². The first-order chi connectivity index (χ1) is 8.52. The summed E-state index contributed by atoms with van der Waals surface area (Å²) in [5.74, 6) is -0.0582. The van der Waals surface area contributed by atoms with Crippen LogP contribution in [0.3, 0.4) is 0 Å². The fourth-order valence-corrected chi connectivity index (χ4v) is 1.29. The molecule has 0 radical (unpaired) electrons. The number of rotatable bonds is 6. The number of Topliss-reactive ketones (excluding diaryl/α,β-unsaturated/α-hetero) is 1. The Hall–Kier alpha value is -1.88. The second kappa shape index (κ2) is 6.76. The van der Waals surface area contributed by atoms with E-state index in [-0.39, 0.29) is 25.0 Å². The molecule has 0 spiro atoms. The van der Waals surface area contributed by atoms with E-state index < -0.39 is 5.97 Å². The average molecular weight is 251 g/mol. The molecule has 0 aliphatic rings. The van der Waals surface area contributed by atoms with Crippen LogP contribution in [0, 0.1) is 0 Å². The van der Waals surface area contributed by atoms with Gasteiger partial charge in [-0.25, -0.2) is 4.79 Å². The first-order valence-corrected chi connectivity index (χ1v) is 5.68. The lowest BCUT2D eigenvalue weighted by atomic mass is 10.1. The van der Waals surface area contributed by atoms with Crippen LogP contribution in [0.1, 0.15) is 24.2 Å². The maximum atomic E-state index is 11.3. The first-order valence-electron chi connectivity index (χ1n) is 5.68. The van der Waals surface area contributed by atoms with Crippen LogP contribution in [0.15, 0.2) is 24.3 Å². The zero-order valence-electron chi connectivity index (χ0n) is 10.5. The topological polar surface area (TPSA) is 78.6 Å². The van der Waals surface area contributed by atoms with E-state index in [0.29, 0.717) is 11.3 Å². The molecule has 18 heavy (non-hydrogen) atoms. The van der Waals surface area contributed by atoms with Gasteiger partial charge in [-0.15, -0.1) is 0 Å². The molecule has 0 unspecified atom stereocenters. The third-order valence-electron chi connectivity index (χ3n) is 2.09. The van der Waals surface area contributed by atoms with Crippen molar-refractivity contribution >= 4 is 11.8 Å². The number of esters is 1. The highest BCUT2D eigenvalue weighted by Crippen LogP contribution is 2.12. The first kappa shape index (κ1) is 14.2. The van der Waals surface area contributed by atoms with E-state index in [1.807, 2.05) is 0 Å². The van der Waals surface area contributed by atoms with Crippen molar-refractivity contribution in [2.75, 3.05) is 13.2 Å². The predicted molar refractivity (Wildman–Crippen MR) is 66.5 cm³/mol. The molecule has 0 amide bonds. The monoisotopic (exact) mass is 251 g/mol. The van der Waals surface area contributed by atoms with Crippen molar-refractivity contribution in [1.82, 2.24) is 0 Å². The number of carbonyl (C=O) groups is 2. The van der Waals surface area contributed by atoms with Crippen LogP contribution in [-0.2, 0) is 9.53 Å². The van der Waals surface area contributed by atoms with Gasteiger partial charge in [0.05, 0.1) is 12.6 Å². The summed E-state index contributed by atoms with van der Waals surface area (Å²) in [4.78, 5) is 22.5. The minimum absolute atomic E-state index is 0.0269. The number of benzene rings is 1. The van der Waals surface area contributed by atoms with Gasteiger partial charge in [-0.05, 0) is 38.1 Å². The molecule has 0 aliphatic heterocycles. The summed E-state index contributed by atoms with van der Waals surface area (Å²) >= 11 is 0. The molecule has 1 rings (SSSR count). The zero-order valence-corrected chi connectivity index (χ0v) is 10.5. The summed E-state index contributed by atoms with van der Waals surface area (Å²) in [5, 5.41) is 0. The molecule has 0 saturated heterocycles. The van der Waals surface area contributed by atoms with Crippen molar-refractivity contribution in [2.24, 2.45) is 5.73 Å². The molecule has 98 valence electrons. The van der Waals surface area contributed by atoms with Crippen LogP contribution in [-0.4, -0.2) is 31.0 Å². The Labute approximate surface area is 106 Å². The van der Waals surface area contributed by atoms with Crippen LogP contribution in [0.2, 0.25) is 0 Å². The Kier molecular flexibility index (Phi) is 5.32. The Morgan fingerprint density at radius 1 is 1.22 bits per heavy atom. The second-order valence-electron chi connectivity index (χ2n) is 3.98. The number of ketones is 1. The molecule has 0 atom stereocenters. The van der Waals surface area contributed by atoms with Crippen molar-refractivity contribution in [2.45, 2.75) is 20.0 Å². The third kappa shape index (κ3) is 4.55. The lowest BCUT2D eigenvalue weighted by Crippen LogP contribution is -2.18. The molecule has 1 aromatic carbocycles. The molecule has 0 saturated carbocycles. The highest BCUT2D eigenvalue weighted by Gasteiger charge is 2.07. The smallest absolute Gasteiger partial charge is 0.344 e. The standard InChI is InChI=1S/C13H17NO4/c1-9(2)18-13(16)8-17-11-5-3-10(4-6-11)12(15)7-14/h3-6,9H,7-8,14H2,1-2H3. The largest absolute Gasteiger partial charge is 0.482 e. The third-order valence-corrected chi connectivity index (χ3v) is 2.09. The lowest BCUT2D eigenvalue weighted by molar-refractivity contribution is -0.149. The van der Waals surface area contributed by atoms with Gasteiger partial charge in [-0.2, -0.15) is 0 Å². The van der Waals surface area contributed by atoms with Crippen LogP contribution in [0.4, 0.5) is 0 Å². The van der Waals surface area contributed by atoms with E-state index in [1.54, 1.807) is 38.1 Å². The van der Waals surface area contributed by atoms with E-state index in [2.05, 4.69) is 0 Å². The fraction of sp³-hybridized carbons (Fsp3) is 0.385. The maximum Gasteiger partial charge on any atom is 0.344 e. The summed E-state index contributed by atoms with van der Waals surface area (Å²) in [7, 11) is 0. The minimum atomic E-state index is -0.424. The molecule has 0 heterocycles. The molecule has 0 fully saturated rings. The van der Waals surface area contributed by atoms with Crippen molar-refractivity contribution in [3.05, 3.63) is 29.8 Å². The van der Waals surface area contributed by atoms with Crippen molar-refractivity contribution < 1.29 is 19.1 Å². The molecule has 0 aliphatic carbocycles. The van der Waals surface area contributed by atoms with E-state index in [9.17, 15) is 9.59 Å². The van der Waals surface area contributed by atoms with Gasteiger partial charge in [0, 0.05) is 5.56 Å². The van der Waals surface area contributed by atoms with E-state index in [4.69, 9.17) is 15.2 Å². The number of hydrogen-bond acceptors (Lipinski definition) is 5. The Morgan fingerprint density at radius 2 is 1.83 bits per heavy atom. The number of ether oxygens (including phenoxy) is 2. The zero-order chi connectivity index (χ0) is 13.5. The van der Waals surface area contributed by atoms with Crippen LogP contribution in [0.5, 0.6) is 5.75 Å². The lowest BCUT2D eigenvalue weighted by Gasteiger charge is -2.09. The second-order valence-corrected chi connectivity index (χ2v) is 3.98. The van der Waals surface area contributed by atoms with E-state index >= 15 is 0 Å². The maximum absolute atomic E-state index is 11.3. The van der Waals surface area contributed by atoms with Gasteiger partial charge >= 0.3 is 5.97 Å². The van der Waals surface area contributed by atoms with Crippen molar-refractivity contribution in [3.63, 3.8) is 0 Å². The summed E-state index contributed by atoms with van der Waals surface area (Å²) < 4.78 is 10.1. The summed E-state index contributed by atoms with van der Waals surface area (Å²) in [6.07, 6.45) is -0.161. The molecule has 0 aromatic heterocycles. The molecule has 0 bridgehead atoms. The number of hydrogen-bond donors (Lipinski definition) is 1. The summed E-state index contributed by atoms with van der Waals surface area (Å²) in [6, 6.07) is 6.45. The van der Waals surface area contributed by atoms with E-state index in [0.717, 1.165) is 0 Å². The molecular weight excluding hydrogens is 234 g/mol. The highest BCUT2D eigenvalue weighted by molar-refractivity contribution is 5.97. The normalized spacial score (nSPS) is 10.2. The van der Waals surface area contributed by atoms with Crippen LogP contribution >= 0.6 is 0 Å². The summed E-state index contributed by atoms with van der Waals surface area (Å²) in [6.45, 7) is 3.36. The van der Waals surface area contributed by atoms with E-state index in [1.165, 1.54) is 0 Å². The Balaban J connectivity index is 2.49. The molecule has 2 N–H and O–H groups in total. The number of nitrogens with two attached hydrogens (primary N) is 1. The average Bonchev–Trinajstić information content (AvgIpc) is 2.35. The van der Waals surface area contributed by atoms with Gasteiger partial charge in [0.1, 0.15) is 5.75 Å². The molecule has 1 aromatic rings. The molecule has 5 heteroatoms. The number of carbonyl (C=O) groups excluding carboxylic acids is 2. The van der Waals surface area contributed by atoms with Gasteiger partial charge in [-0.3, -0.25) is 4.79 Å². The minimum Gasteiger partial charge on any atom is -0.482 e. The van der Waals surface area contributed by atoms with Crippen molar-refractivity contribution in [3.8, 4) is 5.75 Å². The van der Waals surface area contributed by atoms with Gasteiger partial charge < -0.3 is 15.2 Å². The fourth-order valence-electron chi connectivity index (χ4n) is 1.29. The SMILES string of the molecule is CC(C)OC(=O)COc1ccc(C(=O)CN)cc1. The summed E-state index contributed by atoms with van der Waals surface area (Å²) in [5.41, 5.74) is 5.77. The van der Waals surface area contributed by atoms with Crippen LogP contribution in [0.25, 0.3) is 0 Å². The quantitative estimate of drug-likeness (QED) is 0.606. The molecule has 5 nitrogen and oxygen atoms in total. The Bertz CT molecular complexity index is 412.